The zero-order valence-electron chi connectivity index (χ0n) is 17.5. The fourth-order valence-electron chi connectivity index (χ4n) is 2.84. The smallest absolute Gasteiger partial charge is 0.264 e. The quantitative estimate of drug-likeness (QED) is 0.124. The summed E-state index contributed by atoms with van der Waals surface area (Å²) in [6.45, 7) is 0. The second-order valence-electron chi connectivity index (χ2n) is 7.24. The first-order valence-corrected chi connectivity index (χ1v) is 19.8. The van der Waals surface area contributed by atoms with E-state index in [-0.39, 0.29) is 25.7 Å². The Morgan fingerprint density at radius 1 is 0.375 bits per heavy atom. The third-order valence-electron chi connectivity index (χ3n) is 4.24. The second-order valence-corrected chi connectivity index (χ2v) is 18.9. The Kier molecular flexibility index (Phi) is 15.0. The van der Waals surface area contributed by atoms with Crippen molar-refractivity contribution in [3.8, 4) is 0 Å². The van der Waals surface area contributed by atoms with Gasteiger partial charge in [-0.25, -0.2) is 0 Å². The average molecular weight is 583 g/mol. The van der Waals surface area contributed by atoms with Crippen LogP contribution in [0.25, 0.3) is 0 Å². The first-order chi connectivity index (χ1) is 14.4. The standard InChI is InChI=1S/C14H32O12P2S4/c15-29(16,17)11-1-5-27(6-2-12-30(18,19)20)9-10-28(7-3-13-31(21,22)23)8-4-14-32(24,25)26/h1-14H2,(H,15,16,17)(H,18,19,20)(H,21,22,23)(H,24,25,26). The highest BCUT2D eigenvalue weighted by molar-refractivity contribution is 7.86. The molecule has 18 heteroatoms. The van der Waals surface area contributed by atoms with Crippen LogP contribution in [0.2, 0.25) is 0 Å². The molecule has 0 spiro atoms. The average Bonchev–Trinajstić information content (AvgIpc) is 2.54. The molecule has 0 aliphatic heterocycles. The Morgan fingerprint density at radius 3 is 0.719 bits per heavy atom. The van der Waals surface area contributed by atoms with Crippen LogP contribution in [0.4, 0.5) is 0 Å². The fourth-order valence-corrected chi connectivity index (χ4v) is 11.8. The van der Waals surface area contributed by atoms with Crippen molar-refractivity contribution in [1.29, 1.82) is 0 Å². The van der Waals surface area contributed by atoms with Crippen LogP contribution in [-0.2, 0) is 40.5 Å². The number of hydrogen-bond donors (Lipinski definition) is 4. The van der Waals surface area contributed by atoms with Gasteiger partial charge in [-0.15, -0.1) is 15.8 Å². The Balaban J connectivity index is 4.97. The van der Waals surface area contributed by atoms with E-state index in [1.807, 2.05) is 0 Å². The van der Waals surface area contributed by atoms with Crippen LogP contribution in [0.5, 0.6) is 0 Å². The summed E-state index contributed by atoms with van der Waals surface area (Å²) in [5, 5.41) is 0. The maximum atomic E-state index is 10.9. The number of rotatable bonds is 19. The summed E-state index contributed by atoms with van der Waals surface area (Å²) >= 11 is 0. The Labute approximate surface area is 193 Å². The van der Waals surface area contributed by atoms with Crippen LogP contribution < -0.4 is 0 Å². The lowest BCUT2D eigenvalue weighted by Gasteiger charge is -2.22. The Bertz CT molecular complexity index is 805. The zero-order chi connectivity index (χ0) is 25.1. The van der Waals surface area contributed by atoms with E-state index in [9.17, 15) is 33.7 Å². The van der Waals surface area contributed by atoms with Gasteiger partial charge in [0.25, 0.3) is 40.5 Å². The third-order valence-corrected chi connectivity index (χ3v) is 13.3. The molecular formula is C14H32O12P2S4. The molecular weight excluding hydrogens is 550 g/mol. The van der Waals surface area contributed by atoms with Crippen molar-refractivity contribution in [1.82, 2.24) is 0 Å². The van der Waals surface area contributed by atoms with Gasteiger partial charge in [0.1, 0.15) is 0 Å². The lowest BCUT2D eigenvalue weighted by atomic mass is 10.6. The summed E-state index contributed by atoms with van der Waals surface area (Å²) in [5.41, 5.74) is 0. The van der Waals surface area contributed by atoms with Crippen LogP contribution in [-0.4, -0.2) is 112 Å². The summed E-state index contributed by atoms with van der Waals surface area (Å²) in [4.78, 5) is 0. The van der Waals surface area contributed by atoms with Gasteiger partial charge in [-0.05, 0) is 62.7 Å². The molecule has 0 bridgehead atoms. The highest BCUT2D eigenvalue weighted by Gasteiger charge is 2.17. The molecule has 0 saturated heterocycles. The van der Waals surface area contributed by atoms with Gasteiger partial charge in [-0.1, -0.05) is 0 Å². The largest absolute Gasteiger partial charge is 0.286 e. The van der Waals surface area contributed by atoms with E-state index < -0.39 is 79.3 Å². The Hall–Kier alpha value is 0.500. The predicted octanol–water partition coefficient (Wildman–Crippen LogP) is 1.06. The van der Waals surface area contributed by atoms with Crippen molar-refractivity contribution >= 4 is 56.3 Å². The van der Waals surface area contributed by atoms with E-state index >= 15 is 0 Å². The molecule has 0 aromatic carbocycles. The van der Waals surface area contributed by atoms with Crippen LogP contribution in [0.15, 0.2) is 0 Å². The van der Waals surface area contributed by atoms with Crippen LogP contribution >= 0.6 is 15.8 Å². The molecule has 0 aromatic heterocycles. The molecule has 0 saturated carbocycles. The van der Waals surface area contributed by atoms with Crippen LogP contribution in [0.3, 0.4) is 0 Å². The van der Waals surface area contributed by atoms with Crippen molar-refractivity contribution in [3.63, 3.8) is 0 Å². The first-order valence-electron chi connectivity index (χ1n) is 9.62. The summed E-state index contributed by atoms with van der Waals surface area (Å²) < 4.78 is 123. The van der Waals surface area contributed by atoms with E-state index in [1.54, 1.807) is 0 Å². The second kappa shape index (κ2) is 14.8. The molecule has 0 rings (SSSR count). The molecule has 0 atom stereocenters. The molecule has 12 nitrogen and oxygen atoms in total. The minimum absolute atomic E-state index is 0.180. The molecule has 0 amide bonds. The SMILES string of the molecule is O=S(=O)(O)CCCP(CCCS(=O)(=O)O)CCP(CCCS(=O)(=O)O)CCCS(=O)(=O)O. The normalized spacial score (nSPS) is 13.8. The van der Waals surface area contributed by atoms with Crippen LogP contribution in [0, 0.1) is 0 Å². The summed E-state index contributed by atoms with van der Waals surface area (Å²) in [6.07, 6.45) is 3.68. The lowest BCUT2D eigenvalue weighted by Crippen LogP contribution is -2.12. The maximum Gasteiger partial charge on any atom is 0.264 e. The molecule has 0 aliphatic carbocycles. The summed E-state index contributed by atoms with van der Waals surface area (Å²) in [7, 11) is -18.2. The van der Waals surface area contributed by atoms with Crippen LogP contribution in [0.1, 0.15) is 25.7 Å². The lowest BCUT2D eigenvalue weighted by molar-refractivity contribution is 0.479. The molecule has 0 heterocycles. The Morgan fingerprint density at radius 2 is 0.562 bits per heavy atom. The van der Waals surface area contributed by atoms with Gasteiger partial charge in [-0.2, -0.15) is 33.7 Å². The van der Waals surface area contributed by atoms with Gasteiger partial charge in [0.05, 0.1) is 23.0 Å². The van der Waals surface area contributed by atoms with Crippen molar-refractivity contribution in [3.05, 3.63) is 0 Å². The van der Waals surface area contributed by atoms with Gasteiger partial charge >= 0.3 is 0 Å². The van der Waals surface area contributed by atoms with E-state index in [4.69, 9.17) is 18.2 Å². The molecule has 0 fully saturated rings. The van der Waals surface area contributed by atoms with E-state index in [0.29, 0.717) is 37.0 Å². The van der Waals surface area contributed by atoms with E-state index in [0.717, 1.165) is 0 Å². The van der Waals surface area contributed by atoms with Crippen molar-refractivity contribution in [2.24, 2.45) is 0 Å². The van der Waals surface area contributed by atoms with Crippen molar-refractivity contribution in [2.45, 2.75) is 25.7 Å². The highest BCUT2D eigenvalue weighted by Crippen LogP contribution is 2.44. The van der Waals surface area contributed by atoms with Gasteiger partial charge in [0, 0.05) is 0 Å². The number of hydrogen-bond acceptors (Lipinski definition) is 8. The first kappa shape index (κ1) is 32.5. The van der Waals surface area contributed by atoms with Gasteiger partial charge in [-0.3, -0.25) is 18.2 Å². The molecule has 0 aliphatic rings. The van der Waals surface area contributed by atoms with Crippen molar-refractivity contribution < 1.29 is 51.9 Å². The molecule has 4 N–H and O–H groups in total. The molecule has 0 radical (unpaired) electrons. The monoisotopic (exact) mass is 582 g/mol. The summed E-state index contributed by atoms with van der Waals surface area (Å²) in [5.74, 6) is -1.72. The van der Waals surface area contributed by atoms with Crippen molar-refractivity contribution in [2.75, 3.05) is 60.0 Å². The molecule has 0 unspecified atom stereocenters. The highest BCUT2D eigenvalue weighted by atomic mass is 32.2. The molecule has 0 aromatic rings. The van der Waals surface area contributed by atoms with Gasteiger partial charge in [0.15, 0.2) is 0 Å². The van der Waals surface area contributed by atoms with Gasteiger partial charge in [0.2, 0.25) is 0 Å². The summed E-state index contributed by atoms with van der Waals surface area (Å²) in [6, 6.07) is 0. The molecule has 32 heavy (non-hydrogen) atoms. The third kappa shape index (κ3) is 23.7. The van der Waals surface area contributed by atoms with Gasteiger partial charge < -0.3 is 0 Å². The zero-order valence-corrected chi connectivity index (χ0v) is 22.5. The minimum atomic E-state index is -4.13. The van der Waals surface area contributed by atoms with E-state index in [2.05, 4.69) is 0 Å². The maximum absolute atomic E-state index is 10.9. The predicted molar refractivity (Wildman–Crippen MR) is 127 cm³/mol. The van der Waals surface area contributed by atoms with E-state index in [1.165, 1.54) is 0 Å². The minimum Gasteiger partial charge on any atom is -0.286 e. The fraction of sp³-hybridized carbons (Fsp3) is 1.00. The molecule has 194 valence electrons. The topological polar surface area (TPSA) is 217 Å².